The van der Waals surface area contributed by atoms with E-state index < -0.39 is 18.6 Å². The number of alkyl halides is 2. The minimum absolute atomic E-state index is 0.0788. The van der Waals surface area contributed by atoms with Crippen molar-refractivity contribution in [2.75, 3.05) is 6.54 Å². The van der Waals surface area contributed by atoms with Gasteiger partial charge in [-0.3, -0.25) is 9.69 Å². The molecular formula is C21H22F2N2O4. The fourth-order valence-corrected chi connectivity index (χ4v) is 2.88. The van der Waals surface area contributed by atoms with E-state index in [0.717, 1.165) is 11.1 Å². The predicted molar refractivity (Wildman–Crippen MR) is 101 cm³/mol. The highest BCUT2D eigenvalue weighted by Crippen LogP contribution is 2.24. The predicted octanol–water partition coefficient (Wildman–Crippen LogP) is 2.72. The number of amides is 1. The summed E-state index contributed by atoms with van der Waals surface area (Å²) < 4.78 is 34.2. The summed E-state index contributed by atoms with van der Waals surface area (Å²) in [5.41, 5.74) is 1.62. The summed E-state index contributed by atoms with van der Waals surface area (Å²) in [5.74, 6) is -0.699. The maximum absolute atomic E-state index is 12.3. The molecular weight excluding hydrogens is 382 g/mol. The number of halogens is 2. The first-order chi connectivity index (χ1) is 13.9. The van der Waals surface area contributed by atoms with E-state index in [1.807, 2.05) is 35.2 Å². The molecule has 1 fully saturated rings. The third-order valence-electron chi connectivity index (χ3n) is 4.46. The molecule has 6 nitrogen and oxygen atoms in total. The van der Waals surface area contributed by atoms with Gasteiger partial charge in [0.1, 0.15) is 24.4 Å². The van der Waals surface area contributed by atoms with E-state index in [4.69, 9.17) is 4.74 Å². The Kier molecular flexibility index (Phi) is 6.77. The zero-order chi connectivity index (χ0) is 20.8. The van der Waals surface area contributed by atoms with Crippen molar-refractivity contribution in [1.82, 2.24) is 10.2 Å². The first-order valence-corrected chi connectivity index (χ1v) is 9.21. The SMILES string of the molecule is CC(NC(=O)C1CN1Cc1cccc(OC(F)F)c1)C(=O)OCc1ccccc1. The van der Waals surface area contributed by atoms with Gasteiger partial charge < -0.3 is 14.8 Å². The fraction of sp³-hybridized carbons (Fsp3) is 0.333. The van der Waals surface area contributed by atoms with Crippen LogP contribution in [0.5, 0.6) is 5.75 Å². The number of carbonyl (C=O) groups is 2. The number of carbonyl (C=O) groups excluding carboxylic acids is 2. The van der Waals surface area contributed by atoms with Crippen LogP contribution in [0.3, 0.4) is 0 Å². The van der Waals surface area contributed by atoms with Crippen LogP contribution in [0, 0.1) is 0 Å². The standard InChI is InChI=1S/C21H22F2N2O4/c1-14(20(27)28-13-15-6-3-2-4-7-15)24-19(26)18-12-25(18)11-16-8-5-9-17(10-16)29-21(22)23/h2-10,14,18,21H,11-13H2,1H3,(H,24,26). The minimum Gasteiger partial charge on any atom is -0.459 e. The topological polar surface area (TPSA) is 67.6 Å². The maximum Gasteiger partial charge on any atom is 0.387 e. The van der Waals surface area contributed by atoms with Gasteiger partial charge in [0.2, 0.25) is 5.91 Å². The van der Waals surface area contributed by atoms with E-state index in [1.165, 1.54) is 12.1 Å². The molecule has 0 aliphatic carbocycles. The van der Waals surface area contributed by atoms with Gasteiger partial charge in [-0.15, -0.1) is 0 Å². The second kappa shape index (κ2) is 9.47. The van der Waals surface area contributed by atoms with Crippen LogP contribution in [0.1, 0.15) is 18.1 Å². The molecule has 1 N–H and O–H groups in total. The van der Waals surface area contributed by atoms with Gasteiger partial charge in [0.15, 0.2) is 0 Å². The van der Waals surface area contributed by atoms with Crippen molar-refractivity contribution in [3.8, 4) is 5.75 Å². The average Bonchev–Trinajstić information content (AvgIpc) is 3.46. The second-order valence-corrected chi connectivity index (χ2v) is 6.79. The third kappa shape index (κ3) is 6.25. The fourth-order valence-electron chi connectivity index (χ4n) is 2.88. The lowest BCUT2D eigenvalue weighted by atomic mass is 10.2. The van der Waals surface area contributed by atoms with E-state index in [1.54, 1.807) is 19.1 Å². The molecule has 2 aromatic carbocycles. The molecule has 0 aromatic heterocycles. The molecule has 154 valence electrons. The van der Waals surface area contributed by atoms with Gasteiger partial charge in [-0.1, -0.05) is 42.5 Å². The molecule has 8 heteroatoms. The summed E-state index contributed by atoms with van der Waals surface area (Å²) in [6.45, 7) is -0.216. The molecule has 1 aliphatic rings. The molecule has 1 aliphatic heterocycles. The lowest BCUT2D eigenvalue weighted by molar-refractivity contribution is -0.148. The van der Waals surface area contributed by atoms with Crippen molar-refractivity contribution >= 4 is 11.9 Å². The Morgan fingerprint density at radius 1 is 1.14 bits per heavy atom. The molecule has 0 spiro atoms. The van der Waals surface area contributed by atoms with Crippen LogP contribution < -0.4 is 10.1 Å². The van der Waals surface area contributed by atoms with Gasteiger partial charge >= 0.3 is 12.6 Å². The first kappa shape index (κ1) is 20.7. The molecule has 3 unspecified atom stereocenters. The Morgan fingerprint density at radius 3 is 2.59 bits per heavy atom. The van der Waals surface area contributed by atoms with Crippen molar-refractivity contribution in [3.05, 3.63) is 65.7 Å². The summed E-state index contributed by atoms with van der Waals surface area (Å²) in [5, 5.41) is 2.65. The van der Waals surface area contributed by atoms with Crippen LogP contribution in [-0.4, -0.2) is 42.0 Å². The highest BCUT2D eigenvalue weighted by Gasteiger charge is 2.41. The highest BCUT2D eigenvalue weighted by atomic mass is 19.3. The highest BCUT2D eigenvalue weighted by molar-refractivity contribution is 5.89. The van der Waals surface area contributed by atoms with Crippen molar-refractivity contribution in [1.29, 1.82) is 0 Å². The number of hydrogen-bond acceptors (Lipinski definition) is 5. The lowest BCUT2D eigenvalue weighted by Crippen LogP contribution is -2.42. The van der Waals surface area contributed by atoms with Crippen LogP contribution >= 0.6 is 0 Å². The molecule has 2 aromatic rings. The second-order valence-electron chi connectivity index (χ2n) is 6.79. The Labute approximate surface area is 167 Å². The molecule has 0 bridgehead atoms. The van der Waals surface area contributed by atoms with Gasteiger partial charge in [0.05, 0.1) is 0 Å². The molecule has 1 saturated heterocycles. The number of benzene rings is 2. The number of ether oxygens (including phenoxy) is 2. The molecule has 3 atom stereocenters. The Balaban J connectivity index is 1.43. The van der Waals surface area contributed by atoms with Crippen LogP contribution in [-0.2, 0) is 27.5 Å². The van der Waals surface area contributed by atoms with Crippen molar-refractivity contribution < 1.29 is 27.8 Å². The lowest BCUT2D eigenvalue weighted by Gasteiger charge is -2.14. The summed E-state index contributed by atoms with van der Waals surface area (Å²) in [6, 6.07) is 14.5. The molecule has 0 saturated carbocycles. The number of hydrogen-bond donors (Lipinski definition) is 1. The molecule has 0 radical (unpaired) electrons. The van der Waals surface area contributed by atoms with Gasteiger partial charge in [-0.2, -0.15) is 8.78 Å². The quantitative estimate of drug-likeness (QED) is 0.514. The zero-order valence-corrected chi connectivity index (χ0v) is 15.9. The average molecular weight is 404 g/mol. The van der Waals surface area contributed by atoms with Gasteiger partial charge in [-0.25, -0.2) is 4.79 Å². The van der Waals surface area contributed by atoms with Gasteiger partial charge in [0, 0.05) is 13.1 Å². The van der Waals surface area contributed by atoms with Crippen LogP contribution in [0.15, 0.2) is 54.6 Å². The van der Waals surface area contributed by atoms with Gasteiger partial charge in [0.25, 0.3) is 0 Å². The molecule has 3 rings (SSSR count). The van der Waals surface area contributed by atoms with Crippen molar-refractivity contribution in [3.63, 3.8) is 0 Å². The van der Waals surface area contributed by atoms with E-state index in [0.29, 0.717) is 13.1 Å². The zero-order valence-electron chi connectivity index (χ0n) is 15.9. The first-order valence-electron chi connectivity index (χ1n) is 9.21. The molecule has 1 heterocycles. The van der Waals surface area contributed by atoms with Crippen molar-refractivity contribution in [2.24, 2.45) is 0 Å². The van der Waals surface area contributed by atoms with E-state index >= 15 is 0 Å². The Hall–Kier alpha value is -3.00. The number of nitrogens with one attached hydrogen (secondary N) is 1. The smallest absolute Gasteiger partial charge is 0.387 e. The van der Waals surface area contributed by atoms with E-state index in [2.05, 4.69) is 10.1 Å². The van der Waals surface area contributed by atoms with Crippen molar-refractivity contribution in [2.45, 2.75) is 38.8 Å². The normalized spacial score (nSPS) is 18.8. The Bertz CT molecular complexity index is 848. The van der Waals surface area contributed by atoms with E-state index in [9.17, 15) is 18.4 Å². The summed E-state index contributed by atoms with van der Waals surface area (Å²) in [6.07, 6.45) is 0. The monoisotopic (exact) mass is 404 g/mol. The summed E-state index contributed by atoms with van der Waals surface area (Å²) >= 11 is 0. The Morgan fingerprint density at radius 2 is 1.86 bits per heavy atom. The number of esters is 1. The molecule has 29 heavy (non-hydrogen) atoms. The maximum atomic E-state index is 12.3. The van der Waals surface area contributed by atoms with Gasteiger partial charge in [-0.05, 0) is 30.2 Å². The van der Waals surface area contributed by atoms with Crippen LogP contribution in [0.25, 0.3) is 0 Å². The van der Waals surface area contributed by atoms with Crippen LogP contribution in [0.4, 0.5) is 8.78 Å². The summed E-state index contributed by atoms with van der Waals surface area (Å²) in [7, 11) is 0. The molecule has 1 amide bonds. The third-order valence-corrected chi connectivity index (χ3v) is 4.46. The largest absolute Gasteiger partial charge is 0.459 e. The summed E-state index contributed by atoms with van der Waals surface area (Å²) in [4.78, 5) is 26.3. The minimum atomic E-state index is -2.88. The van der Waals surface area contributed by atoms with Crippen LogP contribution in [0.2, 0.25) is 0 Å². The number of rotatable bonds is 9. The van der Waals surface area contributed by atoms with E-state index in [-0.39, 0.29) is 24.3 Å². The number of nitrogens with zero attached hydrogens (tertiary/aromatic N) is 1.